The van der Waals surface area contributed by atoms with Gasteiger partial charge in [-0.1, -0.05) is 48.0 Å². The summed E-state index contributed by atoms with van der Waals surface area (Å²) in [6.07, 6.45) is 0. The van der Waals surface area contributed by atoms with Crippen LogP contribution in [0.3, 0.4) is 0 Å². The van der Waals surface area contributed by atoms with Crippen LogP contribution in [0.1, 0.15) is 5.56 Å². The van der Waals surface area contributed by atoms with Gasteiger partial charge >= 0.3 is 0 Å². The molecule has 4 aromatic carbocycles. The second-order valence-electron chi connectivity index (χ2n) is 6.55. The van der Waals surface area contributed by atoms with Gasteiger partial charge in [-0.15, -0.1) is 0 Å². The van der Waals surface area contributed by atoms with E-state index in [1.807, 2.05) is 61.5 Å². The van der Waals surface area contributed by atoms with E-state index in [1.165, 1.54) is 0 Å². The number of fused-ring (bicyclic) bond motifs is 1. The van der Waals surface area contributed by atoms with E-state index in [1.54, 1.807) is 36.4 Å². The minimum atomic E-state index is -3.67. The van der Waals surface area contributed by atoms with Gasteiger partial charge in [-0.05, 0) is 66.2 Å². The van der Waals surface area contributed by atoms with Crippen LogP contribution in [0.2, 0.25) is 0 Å². The summed E-state index contributed by atoms with van der Waals surface area (Å²) in [5.74, 6) is 1.37. The largest absolute Gasteiger partial charge is 0.457 e. The first-order valence-corrected chi connectivity index (χ1v) is 10.3. The monoisotopic (exact) mass is 389 g/mol. The number of aryl methyl sites for hydroxylation is 1. The Labute approximate surface area is 164 Å². The lowest BCUT2D eigenvalue weighted by Crippen LogP contribution is -2.12. The third-order valence-corrected chi connectivity index (χ3v) is 5.77. The Morgan fingerprint density at radius 1 is 0.714 bits per heavy atom. The van der Waals surface area contributed by atoms with Gasteiger partial charge in [0.05, 0.1) is 4.90 Å². The van der Waals surface area contributed by atoms with Gasteiger partial charge in [-0.3, -0.25) is 4.72 Å². The van der Waals surface area contributed by atoms with Gasteiger partial charge in [0.2, 0.25) is 0 Å². The van der Waals surface area contributed by atoms with Crippen LogP contribution in [0, 0.1) is 6.92 Å². The summed E-state index contributed by atoms with van der Waals surface area (Å²) in [5.41, 5.74) is 1.63. The molecule has 0 radical (unpaired) electrons. The highest BCUT2D eigenvalue weighted by Crippen LogP contribution is 2.25. The lowest BCUT2D eigenvalue weighted by molar-refractivity contribution is 0.482. The maximum absolute atomic E-state index is 12.7. The summed E-state index contributed by atoms with van der Waals surface area (Å²) in [5, 5.41) is 1.88. The van der Waals surface area contributed by atoms with Crippen molar-refractivity contribution in [1.29, 1.82) is 0 Å². The van der Waals surface area contributed by atoms with Crippen molar-refractivity contribution in [2.45, 2.75) is 11.8 Å². The Balaban J connectivity index is 1.51. The number of hydrogen-bond acceptors (Lipinski definition) is 3. The molecule has 140 valence electrons. The average molecular weight is 389 g/mol. The second kappa shape index (κ2) is 7.37. The molecule has 0 fully saturated rings. The molecule has 0 saturated carbocycles. The van der Waals surface area contributed by atoms with Gasteiger partial charge in [-0.2, -0.15) is 0 Å². The van der Waals surface area contributed by atoms with Crippen LogP contribution >= 0.6 is 0 Å². The molecule has 4 aromatic rings. The van der Waals surface area contributed by atoms with Crippen molar-refractivity contribution >= 4 is 26.5 Å². The van der Waals surface area contributed by atoms with E-state index in [9.17, 15) is 8.42 Å². The van der Waals surface area contributed by atoms with Crippen LogP contribution in [0.5, 0.6) is 11.5 Å². The molecule has 0 aliphatic carbocycles. The predicted molar refractivity (Wildman–Crippen MR) is 112 cm³/mol. The molecule has 0 amide bonds. The van der Waals surface area contributed by atoms with Crippen molar-refractivity contribution in [3.05, 3.63) is 96.6 Å². The fraction of sp³-hybridized carbons (Fsp3) is 0.0435. The molecule has 0 bridgehead atoms. The number of benzene rings is 4. The quantitative estimate of drug-likeness (QED) is 0.473. The maximum Gasteiger partial charge on any atom is 0.261 e. The molecular formula is C23H19NO3S. The first-order chi connectivity index (χ1) is 13.5. The summed E-state index contributed by atoms with van der Waals surface area (Å²) in [6.45, 7) is 2.01. The van der Waals surface area contributed by atoms with E-state index >= 15 is 0 Å². The van der Waals surface area contributed by atoms with Crippen LogP contribution in [0.25, 0.3) is 10.8 Å². The normalized spacial score (nSPS) is 11.3. The third kappa shape index (κ3) is 4.00. The highest BCUT2D eigenvalue weighted by Gasteiger charge is 2.14. The SMILES string of the molecule is Cc1ccc(Oc2ccc(NS(=O)(=O)c3ccc4ccccc4c3)cc2)cc1. The van der Waals surface area contributed by atoms with Crippen LogP contribution in [0.4, 0.5) is 5.69 Å². The van der Waals surface area contributed by atoms with Crippen molar-refractivity contribution in [1.82, 2.24) is 0 Å². The molecule has 0 aromatic heterocycles. The van der Waals surface area contributed by atoms with E-state index in [2.05, 4.69) is 4.72 Å². The zero-order valence-corrected chi connectivity index (χ0v) is 16.1. The Bertz CT molecular complexity index is 1210. The number of nitrogens with one attached hydrogen (secondary N) is 1. The Morgan fingerprint density at radius 3 is 2.00 bits per heavy atom. The average Bonchev–Trinajstić information content (AvgIpc) is 2.70. The molecular weight excluding hydrogens is 370 g/mol. The molecule has 4 nitrogen and oxygen atoms in total. The van der Waals surface area contributed by atoms with Crippen LogP contribution in [-0.4, -0.2) is 8.42 Å². The van der Waals surface area contributed by atoms with Crippen molar-refractivity contribution in [2.24, 2.45) is 0 Å². The molecule has 0 heterocycles. The minimum absolute atomic E-state index is 0.228. The molecule has 0 aliphatic rings. The fourth-order valence-corrected chi connectivity index (χ4v) is 3.98. The van der Waals surface area contributed by atoms with Gasteiger partial charge < -0.3 is 4.74 Å². The number of sulfonamides is 1. The van der Waals surface area contributed by atoms with E-state index < -0.39 is 10.0 Å². The van der Waals surface area contributed by atoms with E-state index in [-0.39, 0.29) is 4.90 Å². The topological polar surface area (TPSA) is 55.4 Å². The van der Waals surface area contributed by atoms with Crippen LogP contribution < -0.4 is 9.46 Å². The van der Waals surface area contributed by atoms with Gasteiger partial charge in [0.1, 0.15) is 11.5 Å². The molecule has 0 spiro atoms. The Kier molecular flexibility index (Phi) is 4.75. The molecule has 0 aliphatic heterocycles. The highest BCUT2D eigenvalue weighted by molar-refractivity contribution is 7.92. The Morgan fingerprint density at radius 2 is 1.32 bits per heavy atom. The van der Waals surface area contributed by atoms with Crippen molar-refractivity contribution in [3.8, 4) is 11.5 Å². The number of rotatable bonds is 5. The van der Waals surface area contributed by atoms with Crippen molar-refractivity contribution in [2.75, 3.05) is 4.72 Å². The third-order valence-electron chi connectivity index (χ3n) is 4.39. The molecule has 5 heteroatoms. The van der Waals surface area contributed by atoms with E-state index in [0.717, 1.165) is 22.1 Å². The minimum Gasteiger partial charge on any atom is -0.457 e. The predicted octanol–water partition coefficient (Wildman–Crippen LogP) is 5.74. The lowest BCUT2D eigenvalue weighted by atomic mass is 10.1. The summed E-state index contributed by atoms with van der Waals surface area (Å²) in [6, 6.07) is 27.3. The van der Waals surface area contributed by atoms with Crippen molar-refractivity contribution < 1.29 is 13.2 Å². The second-order valence-corrected chi connectivity index (χ2v) is 8.24. The Hall–Kier alpha value is -3.31. The van der Waals surface area contributed by atoms with E-state index in [4.69, 9.17) is 4.74 Å². The lowest BCUT2D eigenvalue weighted by Gasteiger charge is -2.10. The molecule has 0 saturated heterocycles. The molecule has 0 unspecified atom stereocenters. The van der Waals surface area contributed by atoms with Gasteiger partial charge in [0.25, 0.3) is 10.0 Å². The summed E-state index contributed by atoms with van der Waals surface area (Å²) in [4.78, 5) is 0.228. The molecule has 4 rings (SSSR count). The molecule has 1 N–H and O–H groups in total. The van der Waals surface area contributed by atoms with Crippen LogP contribution in [0.15, 0.2) is 95.9 Å². The molecule has 28 heavy (non-hydrogen) atoms. The first-order valence-electron chi connectivity index (χ1n) is 8.86. The summed E-state index contributed by atoms with van der Waals surface area (Å²) >= 11 is 0. The fourth-order valence-electron chi connectivity index (χ4n) is 2.88. The van der Waals surface area contributed by atoms with Gasteiger partial charge in [0, 0.05) is 5.69 Å². The van der Waals surface area contributed by atoms with Gasteiger partial charge in [-0.25, -0.2) is 8.42 Å². The van der Waals surface area contributed by atoms with E-state index in [0.29, 0.717) is 11.4 Å². The standard InChI is InChI=1S/C23H19NO3S/c1-17-6-11-21(12-7-17)27-22-13-9-20(10-14-22)24-28(25,26)23-15-8-18-4-2-3-5-19(18)16-23/h2-16,24H,1H3. The summed E-state index contributed by atoms with van der Waals surface area (Å²) < 4.78 is 33.8. The zero-order valence-electron chi connectivity index (χ0n) is 15.3. The van der Waals surface area contributed by atoms with Crippen molar-refractivity contribution in [3.63, 3.8) is 0 Å². The highest BCUT2D eigenvalue weighted by atomic mass is 32.2. The number of hydrogen-bond donors (Lipinski definition) is 1. The number of anilines is 1. The van der Waals surface area contributed by atoms with Gasteiger partial charge in [0.15, 0.2) is 0 Å². The number of ether oxygens (including phenoxy) is 1. The zero-order chi connectivity index (χ0) is 19.6. The first kappa shape index (κ1) is 18.1. The maximum atomic E-state index is 12.7. The van der Waals surface area contributed by atoms with Crippen LogP contribution in [-0.2, 0) is 10.0 Å². The smallest absolute Gasteiger partial charge is 0.261 e. The summed E-state index contributed by atoms with van der Waals surface area (Å²) in [7, 11) is -3.67. The molecule has 0 atom stereocenters.